The van der Waals surface area contributed by atoms with E-state index >= 15 is 0 Å². The lowest BCUT2D eigenvalue weighted by Gasteiger charge is -2.14. The highest BCUT2D eigenvalue weighted by atomic mass is 79.9. The lowest BCUT2D eigenvalue weighted by atomic mass is 10.0. The molecule has 0 unspecified atom stereocenters. The smallest absolute Gasteiger partial charge is 0.270 e. The molecule has 0 saturated heterocycles. The van der Waals surface area contributed by atoms with Crippen molar-refractivity contribution in [3.05, 3.63) is 110 Å². The van der Waals surface area contributed by atoms with E-state index in [0.29, 0.717) is 33.7 Å². The highest BCUT2D eigenvalue weighted by molar-refractivity contribution is 9.10. The van der Waals surface area contributed by atoms with Crippen LogP contribution in [0.4, 0.5) is 5.69 Å². The number of nitro benzene ring substituents is 1. The van der Waals surface area contributed by atoms with Crippen molar-refractivity contribution in [2.75, 3.05) is 7.11 Å². The number of methoxy groups -OCH3 is 1. The van der Waals surface area contributed by atoms with Gasteiger partial charge in [0.1, 0.15) is 6.61 Å². The summed E-state index contributed by atoms with van der Waals surface area (Å²) in [5.74, 6) is 1.05. The zero-order chi connectivity index (χ0) is 24.1. The zero-order valence-electron chi connectivity index (χ0n) is 18.2. The van der Waals surface area contributed by atoms with E-state index in [1.54, 1.807) is 37.5 Å². The van der Waals surface area contributed by atoms with Gasteiger partial charge in [-0.1, -0.05) is 70.5 Å². The summed E-state index contributed by atoms with van der Waals surface area (Å²) in [6, 6.07) is 25.9. The minimum absolute atomic E-state index is 0.0764. The molecule has 0 aromatic heterocycles. The molecule has 0 aliphatic heterocycles. The molecule has 4 rings (SSSR count). The van der Waals surface area contributed by atoms with Gasteiger partial charge in [0.15, 0.2) is 11.5 Å². The van der Waals surface area contributed by atoms with Crippen LogP contribution in [0.25, 0.3) is 22.4 Å². The molecule has 7 heteroatoms. The largest absolute Gasteiger partial charge is 0.493 e. The molecule has 0 saturated carbocycles. The van der Waals surface area contributed by atoms with Crippen LogP contribution in [0.3, 0.4) is 0 Å². The number of fused-ring (bicyclic) bond motifs is 1. The third kappa shape index (κ3) is 4.92. The van der Waals surface area contributed by atoms with Gasteiger partial charge in [-0.15, -0.1) is 0 Å². The summed E-state index contributed by atoms with van der Waals surface area (Å²) < 4.78 is 12.3. The van der Waals surface area contributed by atoms with Crippen LogP contribution in [0.5, 0.6) is 11.5 Å². The van der Waals surface area contributed by atoms with Gasteiger partial charge in [-0.2, -0.15) is 5.26 Å². The SMILES string of the molecule is COc1cc(/C=C(/C#N)c2cccc([N+](=O)[O-])c2)c(Br)cc1OCc1cccc2ccccc12. The van der Waals surface area contributed by atoms with Crippen LogP contribution in [0.1, 0.15) is 16.7 Å². The molecule has 0 heterocycles. The topological polar surface area (TPSA) is 85.4 Å². The van der Waals surface area contributed by atoms with Crippen molar-refractivity contribution in [1.82, 2.24) is 0 Å². The van der Waals surface area contributed by atoms with Crippen molar-refractivity contribution < 1.29 is 14.4 Å². The number of benzene rings is 4. The summed E-state index contributed by atoms with van der Waals surface area (Å²) in [5, 5.41) is 23.0. The molecule has 0 N–H and O–H groups in total. The average Bonchev–Trinajstić information content (AvgIpc) is 2.86. The minimum atomic E-state index is -0.487. The normalized spacial score (nSPS) is 11.1. The Hall–Kier alpha value is -4.15. The number of nitrogens with zero attached hydrogens (tertiary/aromatic N) is 2. The summed E-state index contributed by atoms with van der Waals surface area (Å²) in [5.41, 5.74) is 2.40. The third-order valence-corrected chi connectivity index (χ3v) is 6.02. The number of ether oxygens (including phenoxy) is 2. The summed E-state index contributed by atoms with van der Waals surface area (Å²) in [7, 11) is 1.55. The monoisotopic (exact) mass is 514 g/mol. The molecular weight excluding hydrogens is 496 g/mol. The average molecular weight is 515 g/mol. The molecule has 0 spiro atoms. The summed E-state index contributed by atoms with van der Waals surface area (Å²) in [6.45, 7) is 0.358. The first kappa shape index (κ1) is 23.0. The minimum Gasteiger partial charge on any atom is -0.493 e. The standard InChI is InChI=1S/C27H19BrN2O4/c1-33-26-14-21(12-22(16-29)19-8-5-10-23(13-19)30(31)32)25(28)15-27(26)34-17-20-9-4-7-18-6-2-3-11-24(18)20/h2-15H,17H2,1H3/b22-12-. The molecule has 34 heavy (non-hydrogen) atoms. The number of nitriles is 1. The summed E-state index contributed by atoms with van der Waals surface area (Å²) >= 11 is 3.55. The Balaban J connectivity index is 1.64. The number of nitro groups is 1. The Morgan fingerprint density at radius 1 is 1.06 bits per heavy atom. The quantitative estimate of drug-likeness (QED) is 0.113. The molecule has 4 aromatic carbocycles. The molecule has 6 nitrogen and oxygen atoms in total. The van der Waals surface area contributed by atoms with Crippen molar-refractivity contribution in [3.63, 3.8) is 0 Å². The number of non-ortho nitro benzene ring substituents is 1. The van der Waals surface area contributed by atoms with Gasteiger partial charge in [0.25, 0.3) is 5.69 Å². The lowest BCUT2D eigenvalue weighted by molar-refractivity contribution is -0.384. The molecule has 0 aliphatic carbocycles. The van der Waals surface area contributed by atoms with Crippen LogP contribution in [0, 0.1) is 21.4 Å². The molecule has 0 aliphatic rings. The van der Waals surface area contributed by atoms with E-state index < -0.39 is 4.92 Å². The number of allylic oxidation sites excluding steroid dienone is 1. The predicted molar refractivity (Wildman–Crippen MR) is 136 cm³/mol. The van der Waals surface area contributed by atoms with E-state index in [2.05, 4.69) is 40.2 Å². The molecule has 0 amide bonds. The van der Waals surface area contributed by atoms with Crippen LogP contribution in [0.15, 0.2) is 83.3 Å². The Bertz CT molecular complexity index is 1450. The number of halogens is 1. The van der Waals surface area contributed by atoms with Gasteiger partial charge < -0.3 is 9.47 Å². The van der Waals surface area contributed by atoms with E-state index in [-0.39, 0.29) is 11.3 Å². The molecule has 168 valence electrons. The Morgan fingerprint density at radius 3 is 2.59 bits per heavy atom. The fourth-order valence-corrected chi connectivity index (χ4v) is 4.07. The van der Waals surface area contributed by atoms with Gasteiger partial charge in [-0.3, -0.25) is 10.1 Å². The van der Waals surface area contributed by atoms with Crippen LogP contribution < -0.4 is 9.47 Å². The van der Waals surface area contributed by atoms with Crippen LogP contribution >= 0.6 is 15.9 Å². The van der Waals surface area contributed by atoms with Gasteiger partial charge in [0.2, 0.25) is 0 Å². The van der Waals surface area contributed by atoms with Crippen LogP contribution in [-0.2, 0) is 6.61 Å². The van der Waals surface area contributed by atoms with Gasteiger partial charge >= 0.3 is 0 Å². The van der Waals surface area contributed by atoms with Crippen LogP contribution in [0.2, 0.25) is 0 Å². The zero-order valence-corrected chi connectivity index (χ0v) is 19.8. The number of hydrogen-bond donors (Lipinski definition) is 0. The maximum absolute atomic E-state index is 11.1. The first-order valence-electron chi connectivity index (χ1n) is 10.3. The Labute approximate surface area is 205 Å². The van der Waals surface area contributed by atoms with E-state index in [9.17, 15) is 15.4 Å². The second kappa shape index (κ2) is 10.2. The first-order chi connectivity index (χ1) is 16.5. The predicted octanol–water partition coefficient (Wildman–Crippen LogP) is 7.16. The van der Waals surface area contributed by atoms with E-state index in [1.165, 1.54) is 12.1 Å². The second-order valence-corrected chi connectivity index (χ2v) is 8.28. The van der Waals surface area contributed by atoms with Crippen molar-refractivity contribution in [1.29, 1.82) is 5.26 Å². The van der Waals surface area contributed by atoms with Crippen molar-refractivity contribution >= 4 is 44.0 Å². The van der Waals surface area contributed by atoms with Crippen molar-refractivity contribution in [2.24, 2.45) is 0 Å². The van der Waals surface area contributed by atoms with Crippen molar-refractivity contribution in [2.45, 2.75) is 6.61 Å². The number of rotatable bonds is 7. The van der Waals surface area contributed by atoms with Crippen molar-refractivity contribution in [3.8, 4) is 17.6 Å². The molecule has 0 radical (unpaired) electrons. The highest BCUT2D eigenvalue weighted by Crippen LogP contribution is 2.36. The molecule has 0 atom stereocenters. The maximum Gasteiger partial charge on any atom is 0.270 e. The van der Waals surface area contributed by atoms with Gasteiger partial charge in [-0.25, -0.2) is 0 Å². The van der Waals surface area contributed by atoms with Crippen LogP contribution in [-0.4, -0.2) is 12.0 Å². The number of hydrogen-bond acceptors (Lipinski definition) is 5. The molecular formula is C27H19BrN2O4. The first-order valence-corrected chi connectivity index (χ1v) is 11.1. The lowest BCUT2D eigenvalue weighted by Crippen LogP contribution is -1.99. The maximum atomic E-state index is 11.1. The second-order valence-electron chi connectivity index (χ2n) is 7.43. The van der Waals surface area contributed by atoms with Gasteiger partial charge in [0, 0.05) is 16.6 Å². The van der Waals surface area contributed by atoms with Gasteiger partial charge in [0.05, 0.1) is 23.7 Å². The Morgan fingerprint density at radius 2 is 1.82 bits per heavy atom. The highest BCUT2D eigenvalue weighted by Gasteiger charge is 2.13. The fraction of sp³-hybridized carbons (Fsp3) is 0.0741. The third-order valence-electron chi connectivity index (χ3n) is 5.33. The summed E-state index contributed by atoms with van der Waals surface area (Å²) in [6.07, 6.45) is 1.65. The fourth-order valence-electron chi connectivity index (χ4n) is 3.63. The van der Waals surface area contributed by atoms with E-state index in [4.69, 9.17) is 9.47 Å². The summed E-state index contributed by atoms with van der Waals surface area (Å²) in [4.78, 5) is 10.6. The van der Waals surface area contributed by atoms with E-state index in [0.717, 1.165) is 16.3 Å². The van der Waals surface area contributed by atoms with E-state index in [1.807, 2.05) is 24.3 Å². The molecule has 0 bridgehead atoms. The Kier molecular flexibility index (Phi) is 6.90. The molecule has 4 aromatic rings. The van der Waals surface area contributed by atoms with Gasteiger partial charge in [-0.05, 0) is 45.7 Å². The molecule has 0 fully saturated rings.